The van der Waals surface area contributed by atoms with Crippen molar-refractivity contribution in [2.45, 2.75) is 10.6 Å². The fraction of sp³-hybridized carbons (Fsp3) is 0.556. The largest absolute Gasteiger partial charge is 0.252 e. The molecule has 84 valence electrons. The molecular formula is C9H12BrNO2S2. The maximum absolute atomic E-state index is 12.1. The molecule has 0 bridgehead atoms. The van der Waals surface area contributed by atoms with Crippen molar-refractivity contribution >= 4 is 37.3 Å². The van der Waals surface area contributed by atoms with E-state index in [4.69, 9.17) is 0 Å². The summed E-state index contributed by atoms with van der Waals surface area (Å²) in [5.41, 5.74) is 0. The van der Waals surface area contributed by atoms with Crippen molar-refractivity contribution in [3.8, 4) is 0 Å². The molecule has 6 heteroatoms. The Balaban J connectivity index is 2.18. The minimum Gasteiger partial charge on any atom is -0.206 e. The molecule has 1 atom stereocenters. The van der Waals surface area contributed by atoms with Gasteiger partial charge in [-0.25, -0.2) is 8.42 Å². The van der Waals surface area contributed by atoms with Crippen molar-refractivity contribution in [1.82, 2.24) is 4.31 Å². The normalized spacial score (nSPS) is 23.4. The lowest BCUT2D eigenvalue weighted by Gasteiger charge is -2.14. The van der Waals surface area contributed by atoms with Gasteiger partial charge >= 0.3 is 0 Å². The average molecular weight is 310 g/mol. The van der Waals surface area contributed by atoms with E-state index in [1.165, 1.54) is 11.3 Å². The second-order valence-corrected chi connectivity index (χ2v) is 7.36. The Morgan fingerprint density at radius 2 is 2.40 bits per heavy atom. The molecule has 1 aliphatic heterocycles. The van der Waals surface area contributed by atoms with Crippen LogP contribution in [0.4, 0.5) is 0 Å². The predicted molar refractivity (Wildman–Crippen MR) is 65.0 cm³/mol. The third-order valence-corrected chi connectivity index (χ3v) is 6.71. The van der Waals surface area contributed by atoms with Gasteiger partial charge in [-0.3, -0.25) is 0 Å². The highest BCUT2D eigenvalue weighted by Gasteiger charge is 2.32. The number of sulfonamides is 1. The summed E-state index contributed by atoms with van der Waals surface area (Å²) < 4.78 is 26.2. The molecule has 1 aromatic heterocycles. The summed E-state index contributed by atoms with van der Waals surface area (Å²) in [4.78, 5) is 0. The van der Waals surface area contributed by atoms with Gasteiger partial charge in [0.05, 0.1) is 0 Å². The van der Waals surface area contributed by atoms with E-state index in [-0.39, 0.29) is 0 Å². The Kier molecular flexibility index (Phi) is 3.49. The highest BCUT2D eigenvalue weighted by Crippen LogP contribution is 2.27. The Bertz CT molecular complexity index is 415. The van der Waals surface area contributed by atoms with Crippen molar-refractivity contribution in [1.29, 1.82) is 0 Å². The van der Waals surface area contributed by atoms with Crippen molar-refractivity contribution in [2.24, 2.45) is 5.92 Å². The van der Waals surface area contributed by atoms with Crippen LogP contribution in [0.15, 0.2) is 21.7 Å². The molecule has 2 rings (SSSR count). The van der Waals surface area contributed by atoms with Gasteiger partial charge in [0.25, 0.3) is 10.0 Å². The minimum absolute atomic E-state index is 0.456. The fourth-order valence-corrected chi connectivity index (χ4v) is 4.88. The van der Waals surface area contributed by atoms with E-state index >= 15 is 0 Å². The SMILES string of the molecule is O=S(=O)(c1cccs1)N1CCC(CBr)C1. The van der Waals surface area contributed by atoms with Crippen LogP contribution in [0.3, 0.4) is 0 Å². The lowest BCUT2D eigenvalue weighted by molar-refractivity contribution is 0.467. The molecule has 15 heavy (non-hydrogen) atoms. The minimum atomic E-state index is -3.21. The first kappa shape index (κ1) is 11.6. The summed E-state index contributed by atoms with van der Waals surface area (Å²) in [6.07, 6.45) is 0.954. The molecule has 1 unspecified atom stereocenters. The lowest BCUT2D eigenvalue weighted by atomic mass is 10.2. The average Bonchev–Trinajstić information content (AvgIpc) is 2.89. The van der Waals surface area contributed by atoms with Crippen molar-refractivity contribution < 1.29 is 8.42 Å². The van der Waals surface area contributed by atoms with E-state index in [1.54, 1.807) is 21.8 Å². The summed E-state index contributed by atoms with van der Waals surface area (Å²) in [5, 5.41) is 2.67. The molecule has 1 saturated heterocycles. The van der Waals surface area contributed by atoms with E-state index in [0.29, 0.717) is 23.2 Å². The van der Waals surface area contributed by atoms with Gasteiger partial charge in [-0.15, -0.1) is 11.3 Å². The second-order valence-electron chi connectivity index (χ2n) is 3.60. The maximum atomic E-state index is 12.1. The summed E-state index contributed by atoms with van der Waals surface area (Å²) in [7, 11) is -3.21. The zero-order valence-corrected chi connectivity index (χ0v) is 11.3. The smallest absolute Gasteiger partial charge is 0.206 e. The van der Waals surface area contributed by atoms with Crippen LogP contribution < -0.4 is 0 Å². The van der Waals surface area contributed by atoms with Crippen molar-refractivity contribution in [3.05, 3.63) is 17.5 Å². The summed E-state index contributed by atoms with van der Waals surface area (Å²) in [5.74, 6) is 0.458. The molecule has 1 aromatic rings. The van der Waals surface area contributed by atoms with Crippen LogP contribution in [-0.4, -0.2) is 31.1 Å². The third-order valence-electron chi connectivity index (χ3n) is 2.56. The van der Waals surface area contributed by atoms with Gasteiger partial charge in [-0.1, -0.05) is 22.0 Å². The van der Waals surface area contributed by atoms with E-state index in [0.717, 1.165) is 11.8 Å². The molecule has 0 radical (unpaired) electrons. The zero-order chi connectivity index (χ0) is 10.9. The lowest BCUT2D eigenvalue weighted by Crippen LogP contribution is -2.28. The number of thiophene rings is 1. The molecule has 1 fully saturated rings. The molecule has 0 aromatic carbocycles. The molecule has 3 nitrogen and oxygen atoms in total. The highest BCUT2D eigenvalue weighted by molar-refractivity contribution is 9.09. The van der Waals surface area contributed by atoms with Gasteiger partial charge in [-0.05, 0) is 23.8 Å². The Morgan fingerprint density at radius 3 is 2.93 bits per heavy atom. The van der Waals surface area contributed by atoms with E-state index in [1.807, 2.05) is 0 Å². The molecule has 2 heterocycles. The van der Waals surface area contributed by atoms with Crippen LogP contribution in [-0.2, 0) is 10.0 Å². The first-order chi connectivity index (χ1) is 7.14. The van der Waals surface area contributed by atoms with Gasteiger partial charge in [-0.2, -0.15) is 4.31 Å². The quantitative estimate of drug-likeness (QED) is 0.802. The number of alkyl halides is 1. The van der Waals surface area contributed by atoms with Crippen molar-refractivity contribution in [2.75, 3.05) is 18.4 Å². The first-order valence-corrected chi connectivity index (χ1v) is 8.18. The second kappa shape index (κ2) is 4.53. The van der Waals surface area contributed by atoms with Crippen LogP contribution in [0.2, 0.25) is 0 Å². The monoisotopic (exact) mass is 309 g/mol. The van der Waals surface area contributed by atoms with Crippen LogP contribution in [0.1, 0.15) is 6.42 Å². The summed E-state index contributed by atoms with van der Waals surface area (Å²) in [6, 6.07) is 3.44. The number of rotatable bonds is 3. The van der Waals surface area contributed by atoms with Crippen LogP contribution in [0.25, 0.3) is 0 Å². The Hall–Kier alpha value is 0.0900. The molecule has 1 aliphatic rings. The maximum Gasteiger partial charge on any atom is 0.252 e. The van der Waals surface area contributed by atoms with Gasteiger partial charge in [0.15, 0.2) is 0 Å². The van der Waals surface area contributed by atoms with E-state index in [2.05, 4.69) is 15.9 Å². The highest BCUT2D eigenvalue weighted by atomic mass is 79.9. The molecule has 0 amide bonds. The van der Waals surface area contributed by atoms with Gasteiger partial charge in [0, 0.05) is 18.4 Å². The number of hydrogen-bond acceptors (Lipinski definition) is 3. The molecule has 0 N–H and O–H groups in total. The first-order valence-electron chi connectivity index (χ1n) is 4.74. The van der Waals surface area contributed by atoms with E-state index < -0.39 is 10.0 Å². The summed E-state index contributed by atoms with van der Waals surface area (Å²) in [6.45, 7) is 1.29. The topological polar surface area (TPSA) is 37.4 Å². The van der Waals surface area contributed by atoms with Crippen LogP contribution in [0, 0.1) is 5.92 Å². The molecular weight excluding hydrogens is 298 g/mol. The van der Waals surface area contributed by atoms with Gasteiger partial charge in [0.1, 0.15) is 4.21 Å². The van der Waals surface area contributed by atoms with E-state index in [9.17, 15) is 8.42 Å². The molecule has 0 spiro atoms. The van der Waals surface area contributed by atoms with Crippen molar-refractivity contribution in [3.63, 3.8) is 0 Å². The molecule has 0 aliphatic carbocycles. The van der Waals surface area contributed by atoms with Gasteiger partial charge < -0.3 is 0 Å². The number of halogens is 1. The van der Waals surface area contributed by atoms with Crippen LogP contribution in [0.5, 0.6) is 0 Å². The molecule has 0 saturated carbocycles. The number of nitrogens with zero attached hydrogens (tertiary/aromatic N) is 1. The number of hydrogen-bond donors (Lipinski definition) is 0. The van der Waals surface area contributed by atoms with Gasteiger partial charge in [0.2, 0.25) is 0 Å². The third kappa shape index (κ3) is 2.27. The Morgan fingerprint density at radius 1 is 1.60 bits per heavy atom. The fourth-order valence-electron chi connectivity index (χ4n) is 1.68. The summed E-state index contributed by atoms with van der Waals surface area (Å²) >= 11 is 4.68. The zero-order valence-electron chi connectivity index (χ0n) is 8.10. The Labute approximate surface area is 102 Å². The van der Waals surface area contributed by atoms with Crippen LogP contribution >= 0.6 is 27.3 Å². The standard InChI is InChI=1S/C9H12BrNO2S2/c10-6-8-3-4-11(7-8)15(12,13)9-2-1-5-14-9/h1-2,5,8H,3-4,6-7H2. The predicted octanol–water partition coefficient (Wildman–Crippen LogP) is 2.15.